The molecule has 0 aliphatic heterocycles. The number of nitro groups is 1. The third-order valence-electron chi connectivity index (χ3n) is 4.03. The van der Waals surface area contributed by atoms with E-state index in [-0.39, 0.29) is 5.69 Å². The molecule has 7 nitrogen and oxygen atoms in total. The van der Waals surface area contributed by atoms with Gasteiger partial charge in [0, 0.05) is 31.3 Å². The van der Waals surface area contributed by atoms with Gasteiger partial charge in [-0.15, -0.1) is 0 Å². The summed E-state index contributed by atoms with van der Waals surface area (Å²) in [6.07, 6.45) is 1.71. The Morgan fingerprint density at radius 2 is 2.00 bits per heavy atom. The van der Waals surface area contributed by atoms with E-state index in [1.165, 1.54) is 6.07 Å². The average Bonchev–Trinajstić information content (AvgIpc) is 3.02. The number of nitrogens with one attached hydrogen (secondary N) is 1. The molecule has 0 aliphatic carbocycles. The molecular weight excluding hydrogens is 332 g/mol. The molecule has 134 valence electrons. The Morgan fingerprint density at radius 3 is 2.69 bits per heavy atom. The maximum absolute atomic E-state index is 11.0. The van der Waals surface area contributed by atoms with Crippen molar-refractivity contribution in [3.63, 3.8) is 0 Å². The number of nitrogens with zero attached hydrogens (tertiary/aromatic N) is 3. The summed E-state index contributed by atoms with van der Waals surface area (Å²) in [5.41, 5.74) is 2.73. The van der Waals surface area contributed by atoms with E-state index in [4.69, 9.17) is 4.74 Å². The lowest BCUT2D eigenvalue weighted by atomic mass is 10.1. The minimum atomic E-state index is -0.398. The minimum absolute atomic E-state index is 0.0626. The lowest BCUT2D eigenvalue weighted by Crippen LogP contribution is -2.05. The molecule has 1 aromatic heterocycles. The van der Waals surface area contributed by atoms with Crippen molar-refractivity contribution >= 4 is 11.6 Å². The number of anilines is 1. The summed E-state index contributed by atoms with van der Waals surface area (Å²) in [4.78, 5) is 14.9. The van der Waals surface area contributed by atoms with Crippen LogP contribution in [0.3, 0.4) is 0 Å². The van der Waals surface area contributed by atoms with Gasteiger partial charge in [-0.05, 0) is 24.6 Å². The smallest absolute Gasteiger partial charge is 0.270 e. The Kier molecular flexibility index (Phi) is 5.17. The molecule has 0 fully saturated rings. The van der Waals surface area contributed by atoms with Gasteiger partial charge >= 0.3 is 0 Å². The summed E-state index contributed by atoms with van der Waals surface area (Å²) in [7, 11) is 1.88. The van der Waals surface area contributed by atoms with Gasteiger partial charge in [-0.1, -0.05) is 24.3 Å². The predicted molar refractivity (Wildman–Crippen MR) is 100 cm³/mol. The van der Waals surface area contributed by atoms with Crippen molar-refractivity contribution in [2.75, 3.05) is 11.9 Å². The van der Waals surface area contributed by atoms with Crippen LogP contribution in [0, 0.1) is 10.1 Å². The van der Waals surface area contributed by atoms with E-state index in [1.54, 1.807) is 18.3 Å². The topological polar surface area (TPSA) is 82.2 Å². The second kappa shape index (κ2) is 7.69. The van der Waals surface area contributed by atoms with E-state index >= 15 is 0 Å². The molecule has 0 saturated heterocycles. The number of aromatic nitrogens is 2. The molecule has 7 heteroatoms. The van der Waals surface area contributed by atoms with E-state index in [9.17, 15) is 10.1 Å². The number of nitro benzene ring substituents is 1. The van der Waals surface area contributed by atoms with Crippen LogP contribution >= 0.6 is 0 Å². The van der Waals surface area contributed by atoms with Crippen molar-refractivity contribution in [2.45, 2.75) is 13.5 Å². The number of hydrogen-bond donors (Lipinski definition) is 1. The molecule has 0 atom stereocenters. The van der Waals surface area contributed by atoms with E-state index in [1.807, 2.05) is 48.9 Å². The maximum atomic E-state index is 11.0. The highest BCUT2D eigenvalue weighted by Crippen LogP contribution is 2.25. The number of rotatable bonds is 7. The first-order chi connectivity index (χ1) is 12.6. The largest absolute Gasteiger partial charge is 0.494 e. The summed E-state index contributed by atoms with van der Waals surface area (Å²) in [6, 6.07) is 14.4. The van der Waals surface area contributed by atoms with Crippen LogP contribution < -0.4 is 10.1 Å². The monoisotopic (exact) mass is 352 g/mol. The lowest BCUT2D eigenvalue weighted by Gasteiger charge is -2.09. The molecule has 0 bridgehead atoms. The first-order valence-corrected chi connectivity index (χ1v) is 8.30. The van der Waals surface area contributed by atoms with Crippen LogP contribution in [0.15, 0.2) is 54.7 Å². The number of hydrogen-bond acceptors (Lipinski definition) is 5. The standard InChI is InChI=1S/C19H20N4O3/c1-3-26-17-9-7-14(8-10-17)12-20-19-21-13-18(22(19)2)15-5-4-6-16(11-15)23(24)25/h4-11,13H,3,12H2,1-2H3,(H,20,21). The third-order valence-corrected chi connectivity index (χ3v) is 4.03. The van der Waals surface area contributed by atoms with Gasteiger partial charge < -0.3 is 14.6 Å². The van der Waals surface area contributed by atoms with Gasteiger partial charge in [-0.3, -0.25) is 10.1 Å². The first-order valence-electron chi connectivity index (χ1n) is 8.30. The van der Waals surface area contributed by atoms with Crippen molar-refractivity contribution < 1.29 is 9.66 Å². The van der Waals surface area contributed by atoms with Gasteiger partial charge in [-0.2, -0.15) is 0 Å². The van der Waals surface area contributed by atoms with Crippen LogP contribution in [-0.2, 0) is 13.6 Å². The van der Waals surface area contributed by atoms with Crippen LogP contribution in [-0.4, -0.2) is 21.1 Å². The van der Waals surface area contributed by atoms with Crippen molar-refractivity contribution in [1.82, 2.24) is 9.55 Å². The molecular formula is C19H20N4O3. The molecule has 0 saturated carbocycles. The number of benzene rings is 2. The van der Waals surface area contributed by atoms with Crippen LogP contribution in [0.25, 0.3) is 11.3 Å². The SMILES string of the molecule is CCOc1ccc(CNc2ncc(-c3cccc([N+](=O)[O-])c3)n2C)cc1. The molecule has 0 amide bonds. The van der Waals surface area contributed by atoms with E-state index in [2.05, 4.69) is 10.3 Å². The molecule has 1 heterocycles. The summed E-state index contributed by atoms with van der Waals surface area (Å²) in [5.74, 6) is 1.54. The molecule has 0 unspecified atom stereocenters. The molecule has 3 aromatic rings. The maximum Gasteiger partial charge on any atom is 0.270 e. The Bertz CT molecular complexity index is 903. The van der Waals surface area contributed by atoms with E-state index < -0.39 is 4.92 Å². The fourth-order valence-electron chi connectivity index (χ4n) is 2.67. The molecule has 0 aliphatic rings. The highest BCUT2D eigenvalue weighted by atomic mass is 16.6. The van der Waals surface area contributed by atoms with Gasteiger partial charge in [0.05, 0.1) is 23.4 Å². The minimum Gasteiger partial charge on any atom is -0.494 e. The molecule has 26 heavy (non-hydrogen) atoms. The van der Waals surface area contributed by atoms with Gasteiger partial charge in [0.15, 0.2) is 0 Å². The van der Waals surface area contributed by atoms with Crippen molar-refractivity contribution in [2.24, 2.45) is 7.05 Å². The number of ether oxygens (including phenoxy) is 1. The highest BCUT2D eigenvalue weighted by molar-refractivity contribution is 5.64. The Labute approximate surface area is 151 Å². The van der Waals surface area contributed by atoms with Crippen LogP contribution in [0.2, 0.25) is 0 Å². The van der Waals surface area contributed by atoms with Crippen molar-refractivity contribution in [3.8, 4) is 17.0 Å². The van der Waals surface area contributed by atoms with Gasteiger partial charge in [0.1, 0.15) is 5.75 Å². The third kappa shape index (κ3) is 3.83. The zero-order valence-electron chi connectivity index (χ0n) is 14.7. The van der Waals surface area contributed by atoms with Gasteiger partial charge in [-0.25, -0.2) is 4.98 Å². The first kappa shape index (κ1) is 17.5. The van der Waals surface area contributed by atoms with Crippen LogP contribution in [0.4, 0.5) is 11.6 Å². The summed E-state index contributed by atoms with van der Waals surface area (Å²) < 4.78 is 7.32. The Hall–Kier alpha value is -3.35. The quantitative estimate of drug-likeness (QED) is 0.513. The lowest BCUT2D eigenvalue weighted by molar-refractivity contribution is -0.384. The Morgan fingerprint density at radius 1 is 1.23 bits per heavy atom. The van der Waals surface area contributed by atoms with Crippen molar-refractivity contribution in [3.05, 3.63) is 70.4 Å². The normalized spacial score (nSPS) is 10.5. The molecule has 2 aromatic carbocycles. The molecule has 3 rings (SSSR count). The summed E-state index contributed by atoms with van der Waals surface area (Å²) in [6.45, 7) is 3.21. The van der Waals surface area contributed by atoms with E-state index in [0.29, 0.717) is 19.1 Å². The number of imidazole rings is 1. The fraction of sp³-hybridized carbons (Fsp3) is 0.211. The summed E-state index contributed by atoms with van der Waals surface area (Å²) >= 11 is 0. The number of non-ortho nitro benzene ring substituents is 1. The fourth-order valence-corrected chi connectivity index (χ4v) is 2.67. The van der Waals surface area contributed by atoms with Crippen LogP contribution in [0.1, 0.15) is 12.5 Å². The van der Waals surface area contributed by atoms with Crippen LogP contribution in [0.5, 0.6) is 5.75 Å². The zero-order valence-corrected chi connectivity index (χ0v) is 14.7. The van der Waals surface area contributed by atoms with Crippen molar-refractivity contribution in [1.29, 1.82) is 0 Å². The highest BCUT2D eigenvalue weighted by Gasteiger charge is 2.12. The average molecular weight is 352 g/mol. The molecule has 0 radical (unpaired) electrons. The van der Waals surface area contributed by atoms with Gasteiger partial charge in [0.2, 0.25) is 5.95 Å². The Balaban J connectivity index is 1.73. The van der Waals surface area contributed by atoms with Gasteiger partial charge in [0.25, 0.3) is 5.69 Å². The zero-order chi connectivity index (χ0) is 18.5. The second-order valence-corrected chi connectivity index (χ2v) is 5.76. The second-order valence-electron chi connectivity index (χ2n) is 5.76. The predicted octanol–water partition coefficient (Wildman–Crippen LogP) is 4.01. The van der Waals surface area contributed by atoms with E-state index in [0.717, 1.165) is 22.6 Å². The molecule has 0 spiro atoms. The summed E-state index contributed by atoms with van der Waals surface area (Å²) in [5, 5.41) is 14.2. The molecule has 1 N–H and O–H groups in total.